The van der Waals surface area contributed by atoms with Gasteiger partial charge in [0.1, 0.15) is 0 Å². The van der Waals surface area contributed by atoms with Gasteiger partial charge in [0.2, 0.25) is 0 Å². The molecule has 0 radical (unpaired) electrons. The molecule has 1 aromatic rings. The molecular weight excluding hydrogens is 408 g/mol. The fourth-order valence-corrected chi connectivity index (χ4v) is 2.33. The first-order valence-corrected chi connectivity index (χ1v) is 7.08. The molecule has 1 saturated carbocycles. The second-order valence-electron chi connectivity index (χ2n) is 5.97. The molecule has 0 aliphatic heterocycles. The van der Waals surface area contributed by atoms with E-state index in [1.54, 1.807) is 0 Å². The van der Waals surface area contributed by atoms with Crippen LogP contribution in [0.4, 0.5) is 0 Å². The number of hydrogen-bond donors (Lipinski definition) is 2. The summed E-state index contributed by atoms with van der Waals surface area (Å²) in [5.74, 6) is 0.898. The van der Waals surface area contributed by atoms with Crippen LogP contribution in [0.5, 0.6) is 0 Å². The highest BCUT2D eigenvalue weighted by atomic mass is 127. The normalized spacial score (nSPS) is 22.1. The minimum atomic E-state index is -0.0679. The standard InChI is InChI=1S/C14H19Cl2N3.HI/c1-14(2,3)19-13(17)18-12-7-9(12)8-4-5-10(15)11(16)6-8;/h4-6,9,12H,7H2,1-3H3,(H3,17,18,19);1H/t9-,12+;/m0./s1. The fraction of sp³-hybridized carbons (Fsp3) is 0.500. The zero-order chi connectivity index (χ0) is 14.2. The third-order valence-electron chi connectivity index (χ3n) is 2.94. The minimum absolute atomic E-state index is 0. The Kier molecular flexibility index (Phi) is 5.99. The van der Waals surface area contributed by atoms with Crippen LogP contribution in [-0.4, -0.2) is 17.5 Å². The number of rotatable bonds is 2. The lowest BCUT2D eigenvalue weighted by molar-refractivity contribution is 0.508. The lowest BCUT2D eigenvalue weighted by Crippen LogP contribution is -2.45. The van der Waals surface area contributed by atoms with E-state index in [1.807, 2.05) is 18.2 Å². The molecular formula is C14H20Cl2IN3. The van der Waals surface area contributed by atoms with Crippen molar-refractivity contribution in [1.82, 2.24) is 5.32 Å². The molecule has 0 spiro atoms. The Balaban J connectivity index is 0.00000200. The van der Waals surface area contributed by atoms with Gasteiger partial charge in [-0.1, -0.05) is 29.3 Å². The van der Waals surface area contributed by atoms with Gasteiger partial charge in [-0.25, -0.2) is 4.99 Å². The average Bonchev–Trinajstić information content (AvgIpc) is 2.98. The van der Waals surface area contributed by atoms with Crippen LogP contribution in [0.15, 0.2) is 23.2 Å². The molecule has 3 N–H and O–H groups in total. The highest BCUT2D eigenvalue weighted by Gasteiger charge is 2.38. The van der Waals surface area contributed by atoms with E-state index in [2.05, 4.69) is 31.1 Å². The molecule has 1 aliphatic carbocycles. The molecule has 1 aliphatic rings. The summed E-state index contributed by atoms with van der Waals surface area (Å²) in [6.45, 7) is 6.16. The number of aliphatic imine (C=N–C) groups is 1. The summed E-state index contributed by atoms with van der Waals surface area (Å²) in [6, 6.07) is 5.99. The van der Waals surface area contributed by atoms with E-state index >= 15 is 0 Å². The summed E-state index contributed by atoms with van der Waals surface area (Å²) in [5.41, 5.74) is 6.99. The maximum atomic E-state index is 6.02. The molecule has 0 aromatic heterocycles. The molecule has 1 aromatic carbocycles. The second-order valence-corrected chi connectivity index (χ2v) is 6.79. The van der Waals surface area contributed by atoms with Gasteiger partial charge in [0.15, 0.2) is 5.96 Å². The molecule has 6 heteroatoms. The van der Waals surface area contributed by atoms with E-state index in [1.165, 1.54) is 5.56 Å². The van der Waals surface area contributed by atoms with Crippen molar-refractivity contribution < 1.29 is 0 Å². The SMILES string of the molecule is CC(C)(C)NC(N)=N[C@@H]1C[C@H]1c1ccc(Cl)c(Cl)c1.I. The number of nitrogens with two attached hydrogens (primary N) is 1. The van der Waals surface area contributed by atoms with E-state index in [9.17, 15) is 0 Å². The summed E-state index contributed by atoms with van der Waals surface area (Å²) in [7, 11) is 0. The molecule has 20 heavy (non-hydrogen) atoms. The average molecular weight is 428 g/mol. The van der Waals surface area contributed by atoms with E-state index in [-0.39, 0.29) is 35.6 Å². The number of nitrogens with one attached hydrogen (secondary N) is 1. The summed E-state index contributed by atoms with van der Waals surface area (Å²) >= 11 is 11.9. The van der Waals surface area contributed by atoms with Crippen molar-refractivity contribution in [3.8, 4) is 0 Å². The molecule has 112 valence electrons. The van der Waals surface area contributed by atoms with Crippen molar-refractivity contribution in [1.29, 1.82) is 0 Å². The first-order valence-electron chi connectivity index (χ1n) is 6.32. The van der Waals surface area contributed by atoms with Crippen molar-refractivity contribution in [2.24, 2.45) is 10.7 Å². The van der Waals surface area contributed by atoms with Gasteiger partial charge in [0.25, 0.3) is 0 Å². The Morgan fingerprint density at radius 1 is 1.30 bits per heavy atom. The van der Waals surface area contributed by atoms with Crippen LogP contribution in [0.1, 0.15) is 38.7 Å². The van der Waals surface area contributed by atoms with Crippen LogP contribution in [-0.2, 0) is 0 Å². The van der Waals surface area contributed by atoms with Crippen LogP contribution in [0, 0.1) is 0 Å². The first kappa shape index (κ1) is 17.9. The summed E-state index contributed by atoms with van der Waals surface area (Å²) in [5, 5.41) is 4.34. The van der Waals surface area contributed by atoms with Gasteiger partial charge >= 0.3 is 0 Å². The Bertz CT molecular complexity index is 512. The Morgan fingerprint density at radius 3 is 2.50 bits per heavy atom. The quantitative estimate of drug-likeness (QED) is 0.422. The predicted octanol–water partition coefficient (Wildman–Crippen LogP) is 4.17. The van der Waals surface area contributed by atoms with Gasteiger partial charge in [0.05, 0.1) is 16.1 Å². The highest BCUT2D eigenvalue weighted by molar-refractivity contribution is 14.0. The monoisotopic (exact) mass is 427 g/mol. The zero-order valence-corrected chi connectivity index (χ0v) is 15.6. The van der Waals surface area contributed by atoms with Gasteiger partial charge in [-0.2, -0.15) is 0 Å². The van der Waals surface area contributed by atoms with Crippen molar-refractivity contribution in [3.63, 3.8) is 0 Å². The molecule has 0 saturated heterocycles. The van der Waals surface area contributed by atoms with Crippen LogP contribution >= 0.6 is 47.2 Å². The lowest BCUT2D eigenvalue weighted by Gasteiger charge is -2.21. The molecule has 0 heterocycles. The predicted molar refractivity (Wildman–Crippen MR) is 97.5 cm³/mol. The maximum Gasteiger partial charge on any atom is 0.189 e. The fourth-order valence-electron chi connectivity index (χ4n) is 2.02. The van der Waals surface area contributed by atoms with Gasteiger partial charge in [-0.05, 0) is 44.9 Å². The lowest BCUT2D eigenvalue weighted by atomic mass is 10.1. The summed E-state index contributed by atoms with van der Waals surface area (Å²) < 4.78 is 0. The second kappa shape index (κ2) is 6.71. The van der Waals surface area contributed by atoms with E-state index in [0.29, 0.717) is 21.9 Å². The molecule has 2 atom stereocenters. The van der Waals surface area contributed by atoms with E-state index in [0.717, 1.165) is 6.42 Å². The molecule has 0 bridgehead atoms. The number of benzene rings is 1. The minimum Gasteiger partial charge on any atom is -0.370 e. The van der Waals surface area contributed by atoms with E-state index in [4.69, 9.17) is 28.9 Å². The zero-order valence-electron chi connectivity index (χ0n) is 11.8. The number of halogens is 3. The summed E-state index contributed by atoms with van der Waals surface area (Å²) in [6.07, 6.45) is 1.00. The van der Waals surface area contributed by atoms with E-state index < -0.39 is 0 Å². The maximum absolute atomic E-state index is 6.02. The van der Waals surface area contributed by atoms with Gasteiger partial charge in [-0.3, -0.25) is 0 Å². The van der Waals surface area contributed by atoms with Crippen LogP contribution in [0.3, 0.4) is 0 Å². The number of hydrogen-bond acceptors (Lipinski definition) is 1. The largest absolute Gasteiger partial charge is 0.370 e. The van der Waals surface area contributed by atoms with Gasteiger partial charge < -0.3 is 11.1 Å². The molecule has 1 fully saturated rings. The Hall–Kier alpha value is -0.200. The van der Waals surface area contributed by atoms with Crippen LogP contribution in [0.25, 0.3) is 0 Å². The Morgan fingerprint density at radius 2 is 1.95 bits per heavy atom. The Labute approximate surface area is 147 Å². The van der Waals surface area contributed by atoms with Crippen molar-refractivity contribution in [2.75, 3.05) is 0 Å². The van der Waals surface area contributed by atoms with Crippen molar-refractivity contribution in [2.45, 2.75) is 44.7 Å². The number of nitrogens with zero attached hydrogens (tertiary/aromatic N) is 1. The summed E-state index contributed by atoms with van der Waals surface area (Å²) in [4.78, 5) is 4.49. The molecule has 2 rings (SSSR count). The third-order valence-corrected chi connectivity index (χ3v) is 3.68. The first-order chi connectivity index (χ1) is 8.76. The van der Waals surface area contributed by atoms with Crippen molar-refractivity contribution in [3.05, 3.63) is 33.8 Å². The van der Waals surface area contributed by atoms with Gasteiger partial charge in [-0.15, -0.1) is 24.0 Å². The molecule has 0 amide bonds. The van der Waals surface area contributed by atoms with Crippen molar-refractivity contribution >= 4 is 53.1 Å². The highest BCUT2D eigenvalue weighted by Crippen LogP contribution is 2.44. The van der Waals surface area contributed by atoms with Crippen LogP contribution < -0.4 is 11.1 Å². The third kappa shape index (κ3) is 4.97. The smallest absolute Gasteiger partial charge is 0.189 e. The van der Waals surface area contributed by atoms with Gasteiger partial charge in [0, 0.05) is 11.5 Å². The topological polar surface area (TPSA) is 50.4 Å². The molecule has 3 nitrogen and oxygen atoms in total. The number of guanidine groups is 1. The molecule has 0 unspecified atom stereocenters. The van der Waals surface area contributed by atoms with Crippen LogP contribution in [0.2, 0.25) is 10.0 Å².